The second kappa shape index (κ2) is 8.80. The van der Waals surface area contributed by atoms with Gasteiger partial charge in [-0.1, -0.05) is 50.7 Å². The Morgan fingerprint density at radius 3 is 2.27 bits per heavy atom. The Balaban J connectivity index is 2.12. The minimum atomic E-state index is -0.292. The number of nitrogen functional groups attached to an aromatic ring is 1. The summed E-state index contributed by atoms with van der Waals surface area (Å²) in [6, 6.07) is 8.74. The molecule has 0 spiro atoms. The van der Waals surface area contributed by atoms with E-state index in [0.29, 0.717) is 11.4 Å². The Morgan fingerprint density at radius 2 is 1.62 bits per heavy atom. The highest BCUT2D eigenvalue weighted by molar-refractivity contribution is 5.77. The van der Waals surface area contributed by atoms with Crippen LogP contribution in [0.5, 0.6) is 0 Å². The molecule has 1 aromatic heterocycles. The van der Waals surface area contributed by atoms with Crippen molar-refractivity contribution in [3.8, 4) is 17.2 Å². The van der Waals surface area contributed by atoms with Crippen molar-refractivity contribution in [3.63, 3.8) is 0 Å². The molecule has 0 amide bonds. The van der Waals surface area contributed by atoms with E-state index in [1.54, 1.807) is 6.07 Å². The lowest BCUT2D eigenvalue weighted by Crippen LogP contribution is -2.23. The van der Waals surface area contributed by atoms with Crippen LogP contribution in [-0.2, 0) is 12.8 Å². The number of pyridine rings is 1. The maximum absolute atomic E-state index is 13.9. The molecule has 0 saturated carbocycles. The number of nitriles is 1. The van der Waals surface area contributed by atoms with E-state index in [1.165, 1.54) is 50.7 Å². The average Bonchev–Trinajstić information content (AvgIpc) is 2.62. The lowest BCUT2D eigenvalue weighted by molar-refractivity contribution is -0.374. The molecule has 4 heteroatoms. The number of fused-ring (bicyclic) bond motifs is 1. The summed E-state index contributed by atoms with van der Waals surface area (Å²) in [6.45, 7) is 0. The van der Waals surface area contributed by atoms with Gasteiger partial charge in [-0.2, -0.15) is 5.26 Å². The summed E-state index contributed by atoms with van der Waals surface area (Å²) in [5.74, 6) is 0.0947. The van der Waals surface area contributed by atoms with Crippen molar-refractivity contribution in [2.24, 2.45) is 0 Å². The second-order valence-corrected chi connectivity index (χ2v) is 7.20. The number of hydrogen-bond acceptors (Lipinski definition) is 2. The number of anilines is 1. The molecule has 1 aromatic carbocycles. The average molecular weight is 352 g/mol. The molecular weight excluding hydrogens is 325 g/mol. The molecular formula is C22H27FN3+. The number of aromatic nitrogens is 1. The lowest BCUT2D eigenvalue weighted by Gasteiger charge is -2.16. The van der Waals surface area contributed by atoms with E-state index in [9.17, 15) is 9.65 Å². The summed E-state index contributed by atoms with van der Waals surface area (Å²) in [6.07, 6.45) is 11.6. The minimum absolute atomic E-state index is 0.292. The van der Waals surface area contributed by atoms with Crippen LogP contribution in [-0.4, -0.2) is 0 Å². The molecule has 2 aromatic rings. The highest BCUT2D eigenvalue weighted by Crippen LogP contribution is 2.33. The normalized spacial score (nSPS) is 16.0. The molecule has 26 heavy (non-hydrogen) atoms. The van der Waals surface area contributed by atoms with Crippen molar-refractivity contribution in [3.05, 3.63) is 46.9 Å². The maximum atomic E-state index is 13.9. The Bertz CT molecular complexity index is 808. The first-order chi connectivity index (χ1) is 12.7. The summed E-state index contributed by atoms with van der Waals surface area (Å²) < 4.78 is 13.9. The summed E-state index contributed by atoms with van der Waals surface area (Å²) in [7, 11) is 0. The van der Waals surface area contributed by atoms with E-state index >= 15 is 0 Å². The van der Waals surface area contributed by atoms with Crippen molar-refractivity contribution < 1.29 is 9.37 Å². The van der Waals surface area contributed by atoms with Crippen LogP contribution in [0.25, 0.3) is 11.1 Å². The number of H-pyrrole nitrogens is 1. The van der Waals surface area contributed by atoms with E-state index in [-0.39, 0.29) is 5.82 Å². The molecule has 3 nitrogen and oxygen atoms in total. The van der Waals surface area contributed by atoms with Gasteiger partial charge >= 0.3 is 0 Å². The Hall–Kier alpha value is -2.41. The molecule has 1 aliphatic rings. The van der Waals surface area contributed by atoms with Crippen LogP contribution < -0.4 is 10.7 Å². The van der Waals surface area contributed by atoms with Gasteiger partial charge in [-0.25, -0.2) is 9.37 Å². The predicted molar refractivity (Wildman–Crippen MR) is 102 cm³/mol. The van der Waals surface area contributed by atoms with Crippen LogP contribution in [0.15, 0.2) is 24.3 Å². The molecule has 136 valence electrons. The fraction of sp³-hybridized carbons (Fsp3) is 0.455. The zero-order valence-corrected chi connectivity index (χ0v) is 15.3. The fourth-order valence-corrected chi connectivity index (χ4v) is 3.97. The predicted octanol–water partition coefficient (Wildman–Crippen LogP) is 4.98. The maximum Gasteiger partial charge on any atom is 0.289 e. The first-order valence-electron chi connectivity index (χ1n) is 9.73. The lowest BCUT2D eigenvalue weighted by atomic mass is 9.89. The van der Waals surface area contributed by atoms with Crippen molar-refractivity contribution in [2.75, 3.05) is 5.73 Å². The number of hydrogen-bond donors (Lipinski definition) is 1. The molecule has 0 fully saturated rings. The molecule has 1 aliphatic carbocycles. The van der Waals surface area contributed by atoms with Gasteiger partial charge in [-0.05, 0) is 37.0 Å². The first kappa shape index (κ1) is 18.4. The van der Waals surface area contributed by atoms with E-state index in [1.807, 2.05) is 6.07 Å². The molecule has 0 unspecified atom stereocenters. The quantitative estimate of drug-likeness (QED) is 0.786. The van der Waals surface area contributed by atoms with Gasteiger partial charge < -0.3 is 0 Å². The van der Waals surface area contributed by atoms with Gasteiger partial charge in [0.2, 0.25) is 0 Å². The molecule has 0 bridgehead atoms. The third kappa shape index (κ3) is 4.22. The van der Waals surface area contributed by atoms with E-state index < -0.39 is 0 Å². The SMILES string of the molecule is N#Cc1c(N)[nH+]c2c(c1-c1cccc(F)c1)CCCCCCCCCC2. The highest BCUT2D eigenvalue weighted by atomic mass is 19.1. The topological polar surface area (TPSA) is 64.0 Å². The van der Waals surface area contributed by atoms with Gasteiger partial charge in [0.15, 0.2) is 0 Å². The van der Waals surface area contributed by atoms with Crippen molar-refractivity contribution in [1.29, 1.82) is 5.26 Å². The van der Waals surface area contributed by atoms with Gasteiger partial charge in [0.1, 0.15) is 23.1 Å². The summed E-state index contributed by atoms with van der Waals surface area (Å²) in [5, 5.41) is 9.70. The number of benzene rings is 1. The third-order valence-electron chi connectivity index (χ3n) is 5.30. The molecule has 0 saturated heterocycles. The number of nitrogens with two attached hydrogens (primary N) is 1. The Kier molecular flexibility index (Phi) is 6.22. The zero-order valence-electron chi connectivity index (χ0n) is 15.3. The molecule has 0 atom stereocenters. The van der Waals surface area contributed by atoms with Crippen LogP contribution in [0.2, 0.25) is 0 Å². The number of halogens is 1. The van der Waals surface area contributed by atoms with Crippen LogP contribution in [0.3, 0.4) is 0 Å². The van der Waals surface area contributed by atoms with Crippen LogP contribution in [0.1, 0.15) is 68.2 Å². The molecule has 3 rings (SSSR count). The molecule has 1 heterocycles. The van der Waals surface area contributed by atoms with Gasteiger partial charge in [0, 0.05) is 17.5 Å². The number of nitrogens with one attached hydrogen (secondary N) is 1. The van der Waals surface area contributed by atoms with Crippen molar-refractivity contribution >= 4 is 5.82 Å². The number of aryl methyl sites for hydroxylation is 1. The Labute approximate surface area is 155 Å². The largest absolute Gasteiger partial charge is 0.289 e. The molecule has 3 N–H and O–H groups in total. The van der Waals surface area contributed by atoms with Gasteiger partial charge in [-0.3, -0.25) is 5.73 Å². The summed E-state index contributed by atoms with van der Waals surface area (Å²) >= 11 is 0. The highest BCUT2D eigenvalue weighted by Gasteiger charge is 2.23. The minimum Gasteiger partial charge on any atom is -0.286 e. The number of rotatable bonds is 1. The van der Waals surface area contributed by atoms with Gasteiger partial charge in [-0.15, -0.1) is 0 Å². The standard InChI is InChI=1S/C22H26FN3/c23-17-11-9-10-16(14-17)21-18-12-7-5-3-1-2-4-6-8-13-20(18)26-22(25)19(21)15-24/h9-11,14H,1-8,12-13H2,(H2,25,26)/p+1. The smallest absolute Gasteiger partial charge is 0.286 e. The van der Waals surface area contributed by atoms with Crippen LogP contribution >= 0.6 is 0 Å². The molecule has 0 aliphatic heterocycles. The van der Waals surface area contributed by atoms with E-state index in [0.717, 1.165) is 48.1 Å². The van der Waals surface area contributed by atoms with Crippen molar-refractivity contribution in [1.82, 2.24) is 0 Å². The monoisotopic (exact) mass is 352 g/mol. The number of nitrogens with zero attached hydrogens (tertiary/aromatic N) is 1. The van der Waals surface area contributed by atoms with Crippen molar-refractivity contribution in [2.45, 2.75) is 64.2 Å². The van der Waals surface area contributed by atoms with E-state index in [4.69, 9.17) is 5.73 Å². The first-order valence-corrected chi connectivity index (χ1v) is 9.73. The van der Waals surface area contributed by atoms with Gasteiger partial charge in [0.05, 0.1) is 0 Å². The number of aromatic amines is 1. The van der Waals surface area contributed by atoms with Crippen LogP contribution in [0.4, 0.5) is 10.2 Å². The molecule has 0 radical (unpaired) electrons. The zero-order chi connectivity index (χ0) is 18.4. The van der Waals surface area contributed by atoms with Crippen LogP contribution in [0, 0.1) is 17.1 Å². The summed E-state index contributed by atoms with van der Waals surface area (Å²) in [4.78, 5) is 3.29. The third-order valence-corrected chi connectivity index (χ3v) is 5.30. The van der Waals surface area contributed by atoms with Gasteiger partial charge in [0.25, 0.3) is 5.82 Å². The van der Waals surface area contributed by atoms with E-state index in [2.05, 4.69) is 11.1 Å². The fourth-order valence-electron chi connectivity index (χ4n) is 3.97. The Morgan fingerprint density at radius 1 is 0.962 bits per heavy atom. The second-order valence-electron chi connectivity index (χ2n) is 7.20. The summed E-state index contributed by atoms with van der Waals surface area (Å²) in [5.41, 5.74) is 10.4.